The molecule has 0 aliphatic rings. The van der Waals surface area contributed by atoms with Crippen LogP contribution in [0.25, 0.3) is 0 Å². The third-order valence-electron chi connectivity index (χ3n) is 3.10. The average Bonchev–Trinajstić information content (AvgIpc) is 2.50. The van der Waals surface area contributed by atoms with E-state index < -0.39 is 5.82 Å². The zero-order valence-corrected chi connectivity index (χ0v) is 11.9. The average molecular weight is 287 g/mol. The number of benzene rings is 2. The van der Waals surface area contributed by atoms with Gasteiger partial charge in [-0.25, -0.2) is 4.39 Å². The first-order valence-corrected chi connectivity index (χ1v) is 6.88. The minimum Gasteiger partial charge on any atom is -0.490 e. The van der Waals surface area contributed by atoms with Gasteiger partial charge in [0.1, 0.15) is 0 Å². The zero-order chi connectivity index (χ0) is 15.1. The van der Waals surface area contributed by atoms with E-state index in [9.17, 15) is 9.18 Å². The largest absolute Gasteiger partial charge is 0.490 e. The highest BCUT2D eigenvalue weighted by atomic mass is 19.1. The molecule has 0 saturated carbocycles. The normalized spacial score (nSPS) is 11.7. The minimum absolute atomic E-state index is 0.0628. The molecule has 0 fully saturated rings. The molecule has 0 aliphatic carbocycles. The number of ether oxygens (including phenoxy) is 1. The Labute approximate surface area is 123 Å². The topological polar surface area (TPSA) is 38.3 Å². The maximum absolute atomic E-state index is 13.3. The molecule has 0 aliphatic heterocycles. The first kappa shape index (κ1) is 15.0. The summed E-state index contributed by atoms with van der Waals surface area (Å²) in [6, 6.07) is 15.8. The highest BCUT2D eigenvalue weighted by Crippen LogP contribution is 2.15. The van der Waals surface area contributed by atoms with Crippen LogP contribution in [0.1, 0.15) is 24.9 Å². The van der Waals surface area contributed by atoms with Crippen molar-refractivity contribution in [2.75, 3.05) is 6.61 Å². The number of para-hydroxylation sites is 1. The maximum Gasteiger partial charge on any atom is 0.223 e. The van der Waals surface area contributed by atoms with Gasteiger partial charge in [0.15, 0.2) is 11.6 Å². The number of halogens is 1. The second kappa shape index (κ2) is 7.43. The maximum atomic E-state index is 13.3. The Balaban J connectivity index is 1.76. The van der Waals surface area contributed by atoms with Gasteiger partial charge in [-0.15, -0.1) is 0 Å². The van der Waals surface area contributed by atoms with E-state index in [-0.39, 0.29) is 30.7 Å². The van der Waals surface area contributed by atoms with Gasteiger partial charge in [0, 0.05) is 0 Å². The fourth-order valence-electron chi connectivity index (χ4n) is 1.95. The van der Waals surface area contributed by atoms with Crippen molar-refractivity contribution < 1.29 is 13.9 Å². The van der Waals surface area contributed by atoms with Crippen LogP contribution in [0.5, 0.6) is 5.75 Å². The predicted octanol–water partition coefficient (Wildman–Crippen LogP) is 3.47. The van der Waals surface area contributed by atoms with Crippen molar-refractivity contribution in [3.05, 3.63) is 66.0 Å². The van der Waals surface area contributed by atoms with Crippen molar-refractivity contribution in [2.24, 2.45) is 0 Å². The van der Waals surface area contributed by atoms with E-state index in [1.165, 1.54) is 6.07 Å². The third kappa shape index (κ3) is 4.60. The molecule has 4 heteroatoms. The minimum atomic E-state index is -0.421. The van der Waals surface area contributed by atoms with E-state index in [0.29, 0.717) is 0 Å². The van der Waals surface area contributed by atoms with Gasteiger partial charge in [-0.05, 0) is 24.6 Å². The molecule has 1 N–H and O–H groups in total. The van der Waals surface area contributed by atoms with Crippen molar-refractivity contribution in [1.29, 1.82) is 0 Å². The first-order valence-electron chi connectivity index (χ1n) is 6.88. The third-order valence-corrected chi connectivity index (χ3v) is 3.10. The molecule has 110 valence electrons. The molecule has 1 unspecified atom stereocenters. The Kier molecular flexibility index (Phi) is 5.32. The van der Waals surface area contributed by atoms with Gasteiger partial charge in [0.2, 0.25) is 5.91 Å². The molecule has 0 radical (unpaired) electrons. The summed E-state index contributed by atoms with van der Waals surface area (Å²) in [6.45, 7) is 2.07. The fourth-order valence-corrected chi connectivity index (χ4v) is 1.95. The summed E-state index contributed by atoms with van der Waals surface area (Å²) in [4.78, 5) is 11.8. The monoisotopic (exact) mass is 287 g/mol. The van der Waals surface area contributed by atoms with E-state index in [2.05, 4.69) is 5.32 Å². The van der Waals surface area contributed by atoms with E-state index in [1.807, 2.05) is 37.3 Å². The molecule has 1 atom stereocenters. The zero-order valence-electron chi connectivity index (χ0n) is 11.9. The summed E-state index contributed by atoms with van der Waals surface area (Å²) >= 11 is 0. The van der Waals surface area contributed by atoms with Crippen LogP contribution >= 0.6 is 0 Å². The Morgan fingerprint density at radius 2 is 1.81 bits per heavy atom. The van der Waals surface area contributed by atoms with Crippen LogP contribution in [0.4, 0.5) is 4.39 Å². The molecular formula is C17H18FNO2. The van der Waals surface area contributed by atoms with Crippen LogP contribution in [0.2, 0.25) is 0 Å². The first-order chi connectivity index (χ1) is 10.2. The summed E-state index contributed by atoms with van der Waals surface area (Å²) < 4.78 is 18.6. The Bertz CT molecular complexity index is 586. The molecule has 2 aromatic carbocycles. The summed E-state index contributed by atoms with van der Waals surface area (Å²) in [5.41, 5.74) is 1.04. The van der Waals surface area contributed by atoms with Crippen LogP contribution in [0.15, 0.2) is 54.6 Å². The lowest BCUT2D eigenvalue weighted by Crippen LogP contribution is -2.27. The van der Waals surface area contributed by atoms with E-state index >= 15 is 0 Å². The van der Waals surface area contributed by atoms with E-state index in [4.69, 9.17) is 4.74 Å². The number of carbonyl (C=O) groups is 1. The molecule has 1 amide bonds. The van der Waals surface area contributed by atoms with Crippen LogP contribution in [0.3, 0.4) is 0 Å². The standard InChI is InChI=1S/C17H18FNO2/c1-13(14-7-3-2-4-8-14)19-17(20)11-12-21-16-10-6-5-9-15(16)18/h2-10,13H,11-12H2,1H3,(H,19,20). The number of rotatable bonds is 6. The molecule has 0 spiro atoms. The fraction of sp³-hybridized carbons (Fsp3) is 0.235. The number of hydrogen-bond donors (Lipinski definition) is 1. The van der Waals surface area contributed by atoms with Gasteiger partial charge >= 0.3 is 0 Å². The molecule has 21 heavy (non-hydrogen) atoms. The van der Waals surface area contributed by atoms with Crippen molar-refractivity contribution in [1.82, 2.24) is 5.32 Å². The predicted molar refractivity (Wildman–Crippen MR) is 79.5 cm³/mol. The molecule has 0 aromatic heterocycles. The number of carbonyl (C=O) groups excluding carboxylic acids is 1. The lowest BCUT2D eigenvalue weighted by atomic mass is 10.1. The molecule has 0 heterocycles. The van der Waals surface area contributed by atoms with Crippen LogP contribution in [0, 0.1) is 5.82 Å². The molecule has 2 rings (SSSR count). The lowest BCUT2D eigenvalue weighted by molar-refractivity contribution is -0.122. The van der Waals surface area contributed by atoms with Gasteiger partial charge in [-0.3, -0.25) is 4.79 Å². The Morgan fingerprint density at radius 3 is 2.52 bits per heavy atom. The second-order valence-corrected chi connectivity index (χ2v) is 4.73. The summed E-state index contributed by atoms with van der Waals surface area (Å²) in [5.74, 6) is -0.375. The SMILES string of the molecule is CC(NC(=O)CCOc1ccccc1F)c1ccccc1. The number of amides is 1. The Hall–Kier alpha value is -2.36. The van der Waals surface area contributed by atoms with Crippen LogP contribution < -0.4 is 10.1 Å². The van der Waals surface area contributed by atoms with Gasteiger partial charge < -0.3 is 10.1 Å². The number of hydrogen-bond acceptors (Lipinski definition) is 2. The highest BCUT2D eigenvalue weighted by Gasteiger charge is 2.09. The smallest absolute Gasteiger partial charge is 0.223 e. The highest BCUT2D eigenvalue weighted by molar-refractivity contribution is 5.76. The van der Waals surface area contributed by atoms with Gasteiger partial charge in [0.25, 0.3) is 0 Å². The quantitative estimate of drug-likeness (QED) is 0.883. The Morgan fingerprint density at radius 1 is 1.14 bits per heavy atom. The van der Waals surface area contributed by atoms with Crippen LogP contribution in [-0.4, -0.2) is 12.5 Å². The molecule has 0 bridgehead atoms. The van der Waals surface area contributed by atoms with Gasteiger partial charge in [-0.1, -0.05) is 42.5 Å². The number of nitrogens with one attached hydrogen (secondary N) is 1. The van der Waals surface area contributed by atoms with Crippen molar-refractivity contribution >= 4 is 5.91 Å². The lowest BCUT2D eigenvalue weighted by Gasteiger charge is -2.14. The van der Waals surface area contributed by atoms with Crippen LogP contribution in [-0.2, 0) is 4.79 Å². The summed E-state index contributed by atoms with van der Waals surface area (Å²) in [6.07, 6.45) is 0.186. The van der Waals surface area contributed by atoms with Crippen molar-refractivity contribution in [2.45, 2.75) is 19.4 Å². The summed E-state index contributed by atoms with van der Waals surface area (Å²) in [7, 11) is 0. The van der Waals surface area contributed by atoms with Crippen molar-refractivity contribution in [3.63, 3.8) is 0 Å². The van der Waals surface area contributed by atoms with E-state index in [0.717, 1.165) is 5.56 Å². The molecular weight excluding hydrogens is 269 g/mol. The second-order valence-electron chi connectivity index (χ2n) is 4.73. The molecule has 2 aromatic rings. The summed E-state index contributed by atoms with van der Waals surface area (Å²) in [5, 5.41) is 2.88. The van der Waals surface area contributed by atoms with E-state index in [1.54, 1.807) is 18.2 Å². The molecule has 3 nitrogen and oxygen atoms in total. The molecule has 0 saturated heterocycles. The van der Waals surface area contributed by atoms with Crippen molar-refractivity contribution in [3.8, 4) is 5.75 Å². The van der Waals surface area contributed by atoms with Gasteiger partial charge in [-0.2, -0.15) is 0 Å². The van der Waals surface area contributed by atoms with Gasteiger partial charge in [0.05, 0.1) is 19.1 Å².